The van der Waals surface area contributed by atoms with Crippen LogP contribution in [0, 0.1) is 15.9 Å². The molecule has 154 valence electrons. The fraction of sp³-hybridized carbons (Fsp3) is 0.350. The molecule has 3 N–H and O–H groups in total. The van der Waals surface area contributed by atoms with E-state index >= 15 is 0 Å². The maximum Gasteiger partial charge on any atom is 0.284 e. The maximum atomic E-state index is 14.7. The Bertz CT molecular complexity index is 927. The molecule has 3 rings (SSSR count). The highest BCUT2D eigenvalue weighted by Crippen LogP contribution is 2.26. The molecule has 8 nitrogen and oxygen atoms in total. The molecule has 1 aliphatic rings. The molecule has 0 bridgehead atoms. The summed E-state index contributed by atoms with van der Waals surface area (Å²) in [6.45, 7) is 5.08. The second-order valence-corrected chi connectivity index (χ2v) is 7.13. The summed E-state index contributed by atoms with van der Waals surface area (Å²) in [7, 11) is 0. The molecule has 0 saturated carbocycles. The van der Waals surface area contributed by atoms with Crippen molar-refractivity contribution < 1.29 is 18.8 Å². The van der Waals surface area contributed by atoms with E-state index in [2.05, 4.69) is 5.32 Å². The predicted octanol–water partition coefficient (Wildman–Crippen LogP) is 2.86. The quantitative estimate of drug-likeness (QED) is 0.452. The summed E-state index contributed by atoms with van der Waals surface area (Å²) in [4.78, 5) is 24.8. The molecule has 0 unspecified atom stereocenters. The van der Waals surface area contributed by atoms with Crippen LogP contribution in [0.2, 0.25) is 0 Å². The number of morpholine rings is 1. The van der Waals surface area contributed by atoms with Gasteiger partial charge in [0.15, 0.2) is 0 Å². The third-order valence-corrected chi connectivity index (χ3v) is 4.72. The molecule has 1 amide bonds. The Balaban J connectivity index is 1.72. The van der Waals surface area contributed by atoms with Gasteiger partial charge in [0.2, 0.25) is 0 Å². The maximum absolute atomic E-state index is 14.7. The molecule has 0 radical (unpaired) electrons. The minimum absolute atomic E-state index is 0.00392. The highest BCUT2D eigenvalue weighted by Gasteiger charge is 2.25. The predicted molar refractivity (Wildman–Crippen MR) is 107 cm³/mol. The Labute approximate surface area is 167 Å². The Hall–Kier alpha value is -3.20. The number of carbonyl (C=O) groups is 1. The molecular weight excluding hydrogens is 379 g/mol. The SMILES string of the molecule is C[C@H]1CN(c2ccc(CNC(=O)c3c(N)cccc3[N+](=O)[O-])cc2F)C[C@H](C)O1. The van der Waals surface area contributed by atoms with Crippen molar-refractivity contribution in [3.05, 3.63) is 63.5 Å². The van der Waals surface area contributed by atoms with Crippen LogP contribution in [0.15, 0.2) is 36.4 Å². The van der Waals surface area contributed by atoms with E-state index in [1.54, 1.807) is 12.1 Å². The van der Waals surface area contributed by atoms with Gasteiger partial charge in [-0.1, -0.05) is 12.1 Å². The van der Waals surface area contributed by atoms with Gasteiger partial charge < -0.3 is 20.7 Å². The number of nitrogens with one attached hydrogen (secondary N) is 1. The van der Waals surface area contributed by atoms with E-state index in [9.17, 15) is 19.3 Å². The zero-order valence-electron chi connectivity index (χ0n) is 16.2. The number of nitrogens with two attached hydrogens (primary N) is 1. The van der Waals surface area contributed by atoms with Gasteiger partial charge in [0, 0.05) is 25.7 Å². The van der Waals surface area contributed by atoms with Crippen LogP contribution in [0.5, 0.6) is 0 Å². The third-order valence-electron chi connectivity index (χ3n) is 4.72. The summed E-state index contributed by atoms with van der Waals surface area (Å²) in [5, 5.41) is 13.7. The number of carbonyl (C=O) groups excluding carboxylic acids is 1. The first-order valence-corrected chi connectivity index (χ1v) is 9.26. The number of nitro groups is 1. The molecule has 29 heavy (non-hydrogen) atoms. The molecule has 2 atom stereocenters. The number of rotatable bonds is 5. The second kappa shape index (κ2) is 8.44. The number of anilines is 2. The standard InChI is InChI=1S/C20H23FN4O4/c1-12-10-24(11-13(2)29-12)17-7-6-14(8-15(17)21)9-23-20(26)19-16(22)4-3-5-18(19)25(27)28/h3-8,12-13H,9-11,22H2,1-2H3,(H,23,26)/t12-,13-/m0/s1. The normalized spacial score (nSPS) is 19.1. The van der Waals surface area contributed by atoms with Crippen LogP contribution in [-0.4, -0.2) is 36.1 Å². The smallest absolute Gasteiger partial charge is 0.284 e. The Morgan fingerprint density at radius 3 is 2.62 bits per heavy atom. The van der Waals surface area contributed by atoms with Gasteiger partial charge in [0.25, 0.3) is 11.6 Å². The number of nitrogen functional groups attached to an aromatic ring is 1. The molecule has 0 aliphatic carbocycles. The van der Waals surface area contributed by atoms with Gasteiger partial charge in [-0.15, -0.1) is 0 Å². The number of hydrogen-bond acceptors (Lipinski definition) is 6. The number of amides is 1. The molecule has 2 aromatic rings. The van der Waals surface area contributed by atoms with Crippen LogP contribution in [0.3, 0.4) is 0 Å². The first kappa shape index (κ1) is 20.5. The lowest BCUT2D eigenvalue weighted by Crippen LogP contribution is -2.45. The van der Waals surface area contributed by atoms with Crippen LogP contribution in [0.25, 0.3) is 0 Å². The van der Waals surface area contributed by atoms with E-state index < -0.39 is 16.6 Å². The summed E-state index contributed by atoms with van der Waals surface area (Å²) >= 11 is 0. The second-order valence-electron chi connectivity index (χ2n) is 7.13. The Morgan fingerprint density at radius 2 is 2.00 bits per heavy atom. The Morgan fingerprint density at radius 1 is 1.31 bits per heavy atom. The lowest BCUT2D eigenvalue weighted by Gasteiger charge is -2.37. The van der Waals surface area contributed by atoms with Crippen molar-refractivity contribution in [3.8, 4) is 0 Å². The fourth-order valence-electron chi connectivity index (χ4n) is 3.52. The van der Waals surface area contributed by atoms with Crippen LogP contribution in [-0.2, 0) is 11.3 Å². The zero-order chi connectivity index (χ0) is 21.1. The van der Waals surface area contributed by atoms with Gasteiger partial charge >= 0.3 is 0 Å². The molecule has 0 aromatic heterocycles. The van der Waals surface area contributed by atoms with Gasteiger partial charge in [0.05, 0.1) is 28.5 Å². The largest absolute Gasteiger partial charge is 0.398 e. The van der Waals surface area contributed by atoms with Crippen molar-refractivity contribution in [3.63, 3.8) is 0 Å². The molecule has 1 fully saturated rings. The highest BCUT2D eigenvalue weighted by atomic mass is 19.1. The van der Waals surface area contributed by atoms with E-state index in [-0.39, 0.29) is 35.7 Å². The van der Waals surface area contributed by atoms with Gasteiger partial charge in [-0.2, -0.15) is 0 Å². The molecular formula is C20H23FN4O4. The van der Waals surface area contributed by atoms with E-state index in [1.807, 2.05) is 18.7 Å². The molecule has 1 saturated heterocycles. The minimum Gasteiger partial charge on any atom is -0.398 e. The number of hydrogen-bond donors (Lipinski definition) is 2. The summed E-state index contributed by atoms with van der Waals surface area (Å²) in [6, 6.07) is 8.77. The van der Waals surface area contributed by atoms with Crippen LogP contribution in [0.1, 0.15) is 29.8 Å². The summed E-state index contributed by atoms with van der Waals surface area (Å²) in [6.07, 6.45) is 0.00785. The van der Waals surface area contributed by atoms with E-state index in [0.717, 1.165) is 0 Å². The van der Waals surface area contributed by atoms with Crippen molar-refractivity contribution in [2.24, 2.45) is 0 Å². The fourth-order valence-corrected chi connectivity index (χ4v) is 3.52. The first-order chi connectivity index (χ1) is 13.8. The van der Waals surface area contributed by atoms with Gasteiger partial charge in [0.1, 0.15) is 11.4 Å². The lowest BCUT2D eigenvalue weighted by atomic mass is 10.1. The summed E-state index contributed by atoms with van der Waals surface area (Å²) in [5.74, 6) is -1.08. The number of halogens is 1. The summed E-state index contributed by atoms with van der Waals surface area (Å²) in [5.41, 5.74) is 6.18. The number of nitrogens with zero attached hydrogens (tertiary/aromatic N) is 2. The minimum atomic E-state index is -0.685. The van der Waals surface area contributed by atoms with Gasteiger partial charge in [-0.25, -0.2) is 4.39 Å². The van der Waals surface area contributed by atoms with E-state index in [1.165, 1.54) is 24.3 Å². The molecule has 1 aliphatic heterocycles. The van der Waals surface area contributed by atoms with E-state index in [4.69, 9.17) is 10.5 Å². The first-order valence-electron chi connectivity index (χ1n) is 9.26. The average molecular weight is 402 g/mol. The topological polar surface area (TPSA) is 111 Å². The monoisotopic (exact) mass is 402 g/mol. The van der Waals surface area contributed by atoms with Gasteiger partial charge in [-0.3, -0.25) is 14.9 Å². The molecule has 1 heterocycles. The van der Waals surface area contributed by atoms with Crippen molar-refractivity contribution >= 4 is 23.0 Å². The third kappa shape index (κ3) is 4.62. The van der Waals surface area contributed by atoms with Crippen molar-refractivity contribution in [2.75, 3.05) is 23.7 Å². The molecule has 0 spiro atoms. The number of benzene rings is 2. The zero-order valence-corrected chi connectivity index (χ0v) is 16.2. The average Bonchev–Trinajstić information content (AvgIpc) is 2.65. The van der Waals surface area contributed by atoms with Crippen LogP contribution < -0.4 is 16.0 Å². The van der Waals surface area contributed by atoms with Crippen LogP contribution in [0.4, 0.5) is 21.5 Å². The van der Waals surface area contributed by atoms with E-state index in [0.29, 0.717) is 24.3 Å². The van der Waals surface area contributed by atoms with Crippen molar-refractivity contribution in [2.45, 2.75) is 32.6 Å². The molecule has 2 aromatic carbocycles. The van der Waals surface area contributed by atoms with Crippen molar-refractivity contribution in [1.82, 2.24) is 5.32 Å². The van der Waals surface area contributed by atoms with Crippen LogP contribution >= 0.6 is 0 Å². The highest BCUT2D eigenvalue weighted by molar-refractivity contribution is 6.03. The molecule has 9 heteroatoms. The Kier molecular flexibility index (Phi) is 5.97. The summed E-state index contributed by atoms with van der Waals surface area (Å²) < 4.78 is 20.3. The van der Waals surface area contributed by atoms with Crippen molar-refractivity contribution in [1.29, 1.82) is 0 Å². The number of nitro benzene ring substituents is 1. The number of ether oxygens (including phenoxy) is 1. The van der Waals surface area contributed by atoms with Gasteiger partial charge in [-0.05, 0) is 37.6 Å². The lowest BCUT2D eigenvalue weighted by molar-refractivity contribution is -0.385.